The Labute approximate surface area is 194 Å². The first-order chi connectivity index (χ1) is 16.4. The summed E-state index contributed by atoms with van der Waals surface area (Å²) < 4.78 is 22.7. The Morgan fingerprint density at radius 2 is 1.32 bits per heavy atom. The predicted octanol–water partition coefficient (Wildman–Crippen LogP) is 2.74. The van der Waals surface area contributed by atoms with Crippen molar-refractivity contribution in [1.29, 1.82) is 0 Å². The zero-order valence-electron chi connectivity index (χ0n) is 18.9. The molecule has 2 heterocycles. The van der Waals surface area contributed by atoms with Crippen molar-refractivity contribution in [3.05, 3.63) is 48.3 Å². The lowest BCUT2D eigenvalue weighted by Crippen LogP contribution is -2.18. The van der Waals surface area contributed by atoms with E-state index in [1.807, 2.05) is 0 Å². The van der Waals surface area contributed by atoms with Gasteiger partial charge in [0.05, 0.1) is 28.4 Å². The van der Waals surface area contributed by atoms with Crippen LogP contribution in [0.4, 0.5) is 23.1 Å². The van der Waals surface area contributed by atoms with Crippen LogP contribution in [0.3, 0.4) is 0 Å². The minimum atomic E-state index is -0.725. The van der Waals surface area contributed by atoms with Crippen LogP contribution in [0, 0.1) is 0 Å². The summed E-state index contributed by atoms with van der Waals surface area (Å²) in [7, 11) is 6.19. The van der Waals surface area contributed by atoms with E-state index in [1.54, 1.807) is 64.8 Å². The quantitative estimate of drug-likeness (QED) is 0.337. The normalized spacial score (nSPS) is 10.6. The first-order valence-corrected chi connectivity index (χ1v) is 9.99. The van der Waals surface area contributed by atoms with E-state index in [1.165, 1.54) is 10.8 Å². The van der Waals surface area contributed by atoms with Gasteiger partial charge in [0.1, 0.15) is 34.9 Å². The Morgan fingerprint density at radius 1 is 0.824 bits per heavy atom. The molecule has 2 aromatic heterocycles. The van der Waals surface area contributed by atoms with E-state index in [0.717, 1.165) is 0 Å². The van der Waals surface area contributed by atoms with Crippen LogP contribution < -0.4 is 35.3 Å². The number of nitrogens with one attached hydrogen (secondary N) is 2. The molecule has 0 aliphatic rings. The number of carbonyl (C=O) groups excluding carboxylic acids is 1. The number of benzene rings is 2. The van der Waals surface area contributed by atoms with Gasteiger partial charge in [-0.2, -0.15) is 14.6 Å². The maximum atomic E-state index is 12.4. The Balaban J connectivity index is 1.83. The molecule has 1 amide bonds. The molecule has 0 aliphatic heterocycles. The van der Waals surface area contributed by atoms with E-state index in [9.17, 15) is 4.79 Å². The largest absolute Gasteiger partial charge is 0.497 e. The number of nitrogens with two attached hydrogens (primary N) is 1. The SMILES string of the molecule is COc1cc(Nc2nc(Nc3cc(OC)cc(OC)c3)n3ncnc3c2C(N)=O)cc(OC)c1. The lowest BCUT2D eigenvalue weighted by molar-refractivity contribution is 0.100. The molecule has 0 bridgehead atoms. The molecule has 0 spiro atoms. The monoisotopic (exact) mass is 465 g/mol. The summed E-state index contributed by atoms with van der Waals surface area (Å²) in [6.07, 6.45) is 1.30. The average Bonchev–Trinajstić information content (AvgIpc) is 3.33. The molecule has 0 radical (unpaired) electrons. The Hall–Kier alpha value is -4.74. The van der Waals surface area contributed by atoms with Gasteiger partial charge in [-0.1, -0.05) is 0 Å². The highest BCUT2D eigenvalue weighted by Gasteiger charge is 2.21. The van der Waals surface area contributed by atoms with Gasteiger partial charge in [0.2, 0.25) is 5.95 Å². The summed E-state index contributed by atoms with van der Waals surface area (Å²) in [6.45, 7) is 0. The molecule has 0 aliphatic carbocycles. The average molecular weight is 465 g/mol. The molecule has 4 aromatic rings. The van der Waals surface area contributed by atoms with E-state index in [2.05, 4.69) is 25.7 Å². The Morgan fingerprint density at radius 3 is 1.79 bits per heavy atom. The number of primary amides is 1. The van der Waals surface area contributed by atoms with E-state index >= 15 is 0 Å². The third-order valence-electron chi connectivity index (χ3n) is 4.89. The third-order valence-corrected chi connectivity index (χ3v) is 4.89. The number of aromatic nitrogens is 4. The molecular weight excluding hydrogens is 442 g/mol. The Bertz CT molecular complexity index is 1310. The molecule has 0 unspecified atom stereocenters. The van der Waals surface area contributed by atoms with Gasteiger partial charge in [-0.05, 0) is 0 Å². The van der Waals surface area contributed by atoms with Crippen molar-refractivity contribution in [2.75, 3.05) is 39.1 Å². The fourth-order valence-corrected chi connectivity index (χ4v) is 3.31. The van der Waals surface area contributed by atoms with Crippen LogP contribution in [-0.4, -0.2) is 53.9 Å². The second kappa shape index (κ2) is 9.40. The topological polar surface area (TPSA) is 147 Å². The maximum Gasteiger partial charge on any atom is 0.256 e. The summed E-state index contributed by atoms with van der Waals surface area (Å²) in [4.78, 5) is 21.2. The minimum absolute atomic E-state index is 0.0630. The number of methoxy groups -OCH3 is 4. The zero-order valence-corrected chi connectivity index (χ0v) is 18.9. The number of ether oxygens (including phenoxy) is 4. The fraction of sp³-hybridized carbons (Fsp3) is 0.182. The highest BCUT2D eigenvalue weighted by atomic mass is 16.5. The number of hydrogen-bond donors (Lipinski definition) is 3. The van der Waals surface area contributed by atoms with Crippen LogP contribution in [0.5, 0.6) is 23.0 Å². The van der Waals surface area contributed by atoms with Crippen LogP contribution >= 0.6 is 0 Å². The minimum Gasteiger partial charge on any atom is -0.497 e. The highest BCUT2D eigenvalue weighted by Crippen LogP contribution is 2.32. The van der Waals surface area contributed by atoms with Crippen LogP contribution in [0.2, 0.25) is 0 Å². The van der Waals surface area contributed by atoms with Gasteiger partial charge in [-0.25, -0.2) is 4.98 Å². The van der Waals surface area contributed by atoms with Crippen molar-refractivity contribution in [1.82, 2.24) is 19.6 Å². The van der Waals surface area contributed by atoms with Crippen molar-refractivity contribution < 1.29 is 23.7 Å². The fourth-order valence-electron chi connectivity index (χ4n) is 3.31. The number of carbonyl (C=O) groups is 1. The number of amides is 1. The van der Waals surface area contributed by atoms with Gasteiger partial charge in [0, 0.05) is 47.8 Å². The van der Waals surface area contributed by atoms with Gasteiger partial charge in [-0.3, -0.25) is 4.79 Å². The molecule has 12 nitrogen and oxygen atoms in total. The summed E-state index contributed by atoms with van der Waals surface area (Å²) in [5, 5.41) is 10.5. The molecule has 0 saturated heterocycles. The first kappa shape index (κ1) is 22.5. The van der Waals surface area contributed by atoms with Gasteiger partial charge >= 0.3 is 0 Å². The van der Waals surface area contributed by atoms with Crippen LogP contribution in [0.1, 0.15) is 10.4 Å². The number of nitrogens with zero attached hydrogens (tertiary/aromatic N) is 4. The molecular formula is C22H23N7O5. The van der Waals surface area contributed by atoms with Crippen molar-refractivity contribution >= 4 is 34.7 Å². The molecule has 0 atom stereocenters. The summed E-state index contributed by atoms with van der Waals surface area (Å²) >= 11 is 0. The molecule has 4 rings (SSSR count). The number of hydrogen-bond acceptors (Lipinski definition) is 10. The van der Waals surface area contributed by atoms with Crippen LogP contribution in [0.25, 0.3) is 5.65 Å². The number of fused-ring (bicyclic) bond motifs is 1. The van der Waals surface area contributed by atoms with Crippen molar-refractivity contribution in [3.63, 3.8) is 0 Å². The molecule has 34 heavy (non-hydrogen) atoms. The summed E-state index contributed by atoms with van der Waals surface area (Å²) in [5.74, 6) is 1.96. The Kier molecular flexibility index (Phi) is 6.21. The summed E-state index contributed by atoms with van der Waals surface area (Å²) in [5.41, 5.74) is 7.14. The van der Waals surface area contributed by atoms with Gasteiger partial charge in [-0.15, -0.1) is 0 Å². The molecule has 0 fully saturated rings. The van der Waals surface area contributed by atoms with Crippen molar-refractivity contribution in [2.24, 2.45) is 5.73 Å². The molecule has 0 saturated carbocycles. The number of rotatable bonds is 9. The van der Waals surface area contributed by atoms with Crippen molar-refractivity contribution in [2.45, 2.75) is 0 Å². The van der Waals surface area contributed by atoms with E-state index < -0.39 is 5.91 Å². The molecule has 12 heteroatoms. The lowest BCUT2D eigenvalue weighted by Gasteiger charge is -2.16. The van der Waals surface area contributed by atoms with Gasteiger partial charge < -0.3 is 35.3 Å². The van der Waals surface area contributed by atoms with Gasteiger partial charge in [0.15, 0.2) is 11.5 Å². The second-order valence-electron chi connectivity index (χ2n) is 6.97. The molecule has 2 aromatic carbocycles. The van der Waals surface area contributed by atoms with Crippen LogP contribution in [-0.2, 0) is 0 Å². The highest BCUT2D eigenvalue weighted by molar-refractivity contribution is 6.04. The standard InChI is InChI=1S/C22H23N7O5/c1-31-14-5-12(6-15(9-14)32-2)26-20-18(19(23)30)21-24-11-25-29(21)22(28-20)27-13-7-16(33-3)10-17(8-13)34-4/h5-11,26H,1-4H3,(H2,23,30)(H,27,28). The zero-order chi connectivity index (χ0) is 24.2. The lowest BCUT2D eigenvalue weighted by atomic mass is 10.2. The van der Waals surface area contributed by atoms with Crippen LogP contribution in [0.15, 0.2) is 42.7 Å². The predicted molar refractivity (Wildman–Crippen MR) is 125 cm³/mol. The van der Waals surface area contributed by atoms with E-state index in [4.69, 9.17) is 24.7 Å². The van der Waals surface area contributed by atoms with Crippen molar-refractivity contribution in [3.8, 4) is 23.0 Å². The third kappa shape index (κ3) is 4.41. The second-order valence-corrected chi connectivity index (χ2v) is 6.97. The number of anilines is 4. The molecule has 176 valence electrons. The first-order valence-electron chi connectivity index (χ1n) is 9.99. The van der Waals surface area contributed by atoms with Gasteiger partial charge in [0.25, 0.3) is 5.91 Å². The summed E-state index contributed by atoms with van der Waals surface area (Å²) in [6, 6.07) is 10.4. The smallest absolute Gasteiger partial charge is 0.256 e. The van der Waals surface area contributed by atoms with E-state index in [0.29, 0.717) is 34.4 Å². The van der Waals surface area contributed by atoms with E-state index in [-0.39, 0.29) is 23.0 Å². The molecule has 4 N–H and O–H groups in total. The maximum absolute atomic E-state index is 12.4.